The molecule has 3 heteroatoms. The fourth-order valence-corrected chi connectivity index (χ4v) is 0.263. The van der Waals surface area contributed by atoms with Gasteiger partial charge in [-0.2, -0.15) is 0 Å². The molecule has 3 nitrogen and oxygen atoms in total. The van der Waals surface area contributed by atoms with Crippen molar-refractivity contribution >= 4 is 0 Å². The Labute approximate surface area is 44.1 Å². The van der Waals surface area contributed by atoms with Gasteiger partial charge in [0, 0.05) is 6.67 Å². The minimum Gasteiger partial charge on any atom is -0.318 e. The van der Waals surface area contributed by atoms with Crippen LogP contribution in [0.2, 0.25) is 0 Å². The van der Waals surface area contributed by atoms with E-state index < -0.39 is 0 Å². The minimum absolute atomic E-state index is 0.325. The van der Waals surface area contributed by atoms with Gasteiger partial charge in [0.2, 0.25) is 0 Å². The van der Waals surface area contributed by atoms with E-state index in [9.17, 15) is 0 Å². The van der Waals surface area contributed by atoms with E-state index in [-0.39, 0.29) is 5.66 Å². The average molecular weight is 103 g/mol. The molecule has 0 atom stereocenters. The number of hydrogen-bond acceptors (Lipinski definition) is 3. The number of nitrogens with two attached hydrogens (primary N) is 2. The molecule has 0 bridgehead atoms. The second kappa shape index (κ2) is 2.26. The molecule has 0 aromatic carbocycles. The van der Waals surface area contributed by atoms with E-state index in [1.807, 2.05) is 13.8 Å². The highest BCUT2D eigenvalue weighted by molar-refractivity contribution is 4.65. The monoisotopic (exact) mass is 103 g/mol. The van der Waals surface area contributed by atoms with Crippen molar-refractivity contribution < 1.29 is 0 Å². The van der Waals surface area contributed by atoms with Crippen molar-refractivity contribution in [2.45, 2.75) is 19.5 Å². The third-order valence-electron chi connectivity index (χ3n) is 0.558. The van der Waals surface area contributed by atoms with Crippen LogP contribution < -0.4 is 16.8 Å². The van der Waals surface area contributed by atoms with Crippen LogP contribution in [0, 0.1) is 0 Å². The first kappa shape index (κ1) is 6.88. The fourth-order valence-electron chi connectivity index (χ4n) is 0.263. The minimum atomic E-state index is -0.325. The lowest BCUT2D eigenvalue weighted by molar-refractivity contribution is 0.411. The quantitative estimate of drug-likeness (QED) is 0.400. The van der Waals surface area contributed by atoms with Crippen molar-refractivity contribution in [2.24, 2.45) is 11.5 Å². The second-order valence-corrected chi connectivity index (χ2v) is 2.10. The fraction of sp³-hybridized carbons (Fsp3) is 1.00. The molecule has 44 valence electrons. The van der Waals surface area contributed by atoms with E-state index in [1.165, 1.54) is 0 Å². The van der Waals surface area contributed by atoms with Gasteiger partial charge in [-0.25, -0.2) is 0 Å². The smallest absolute Gasteiger partial charge is 0.0613 e. The van der Waals surface area contributed by atoms with Crippen LogP contribution in [-0.4, -0.2) is 12.3 Å². The van der Waals surface area contributed by atoms with Gasteiger partial charge in [-0.1, -0.05) is 0 Å². The van der Waals surface area contributed by atoms with E-state index in [2.05, 4.69) is 5.32 Å². The maximum atomic E-state index is 5.45. The zero-order chi connectivity index (χ0) is 5.91. The van der Waals surface area contributed by atoms with Gasteiger partial charge in [0.15, 0.2) is 0 Å². The Balaban J connectivity index is 3.15. The summed E-state index contributed by atoms with van der Waals surface area (Å²) in [4.78, 5) is 0. The lowest BCUT2D eigenvalue weighted by Crippen LogP contribution is -2.49. The van der Waals surface area contributed by atoms with Gasteiger partial charge in [-0.3, -0.25) is 5.32 Å². The van der Waals surface area contributed by atoms with Crippen molar-refractivity contribution in [3.8, 4) is 0 Å². The molecule has 0 heterocycles. The van der Waals surface area contributed by atoms with Crippen LogP contribution in [0.25, 0.3) is 0 Å². The van der Waals surface area contributed by atoms with Crippen molar-refractivity contribution in [3.05, 3.63) is 0 Å². The molecule has 0 unspecified atom stereocenters. The van der Waals surface area contributed by atoms with Crippen molar-refractivity contribution in [1.82, 2.24) is 5.32 Å². The first-order valence-corrected chi connectivity index (χ1v) is 2.30. The highest BCUT2D eigenvalue weighted by atomic mass is 15.1. The summed E-state index contributed by atoms with van der Waals surface area (Å²) in [6.07, 6.45) is 0. The molecule has 5 N–H and O–H groups in total. The van der Waals surface area contributed by atoms with Crippen LogP contribution >= 0.6 is 0 Å². The van der Waals surface area contributed by atoms with E-state index in [4.69, 9.17) is 11.5 Å². The molecule has 0 aliphatic heterocycles. The lowest BCUT2D eigenvalue weighted by atomic mass is 10.3. The molecule has 0 amide bonds. The molecular formula is C4H13N3. The average Bonchev–Trinajstić information content (AvgIpc) is 1.30. The molecule has 0 saturated heterocycles. The summed E-state index contributed by atoms with van der Waals surface area (Å²) in [5.41, 5.74) is 10.3. The zero-order valence-electron chi connectivity index (χ0n) is 4.86. The Morgan fingerprint density at radius 2 is 2.00 bits per heavy atom. The van der Waals surface area contributed by atoms with Crippen LogP contribution in [0.5, 0.6) is 0 Å². The molecule has 0 aliphatic rings. The van der Waals surface area contributed by atoms with Crippen LogP contribution in [0.15, 0.2) is 0 Å². The largest absolute Gasteiger partial charge is 0.318 e. The summed E-state index contributed by atoms with van der Waals surface area (Å²) in [5.74, 6) is 0. The first-order chi connectivity index (χ1) is 3.06. The number of hydrogen-bond donors (Lipinski definition) is 3. The van der Waals surface area contributed by atoms with Crippen LogP contribution in [-0.2, 0) is 0 Å². The van der Waals surface area contributed by atoms with Crippen LogP contribution in [0.4, 0.5) is 0 Å². The Kier molecular flexibility index (Phi) is 2.22. The molecule has 0 aliphatic carbocycles. The highest BCUT2D eigenvalue weighted by Crippen LogP contribution is 1.84. The van der Waals surface area contributed by atoms with Crippen LogP contribution in [0.3, 0.4) is 0 Å². The third-order valence-corrected chi connectivity index (χ3v) is 0.558. The standard InChI is InChI=1S/C4H13N3/c1-4(2,6)7-3-5/h7H,3,5-6H2,1-2H3. The SMILES string of the molecule is CC(C)(N)NCN. The van der Waals surface area contributed by atoms with Gasteiger partial charge in [0.25, 0.3) is 0 Å². The summed E-state index contributed by atoms with van der Waals surface area (Å²) < 4.78 is 0. The Hall–Kier alpha value is -0.120. The maximum Gasteiger partial charge on any atom is 0.0613 e. The van der Waals surface area contributed by atoms with Gasteiger partial charge in [-0.05, 0) is 13.8 Å². The van der Waals surface area contributed by atoms with Crippen LogP contribution in [0.1, 0.15) is 13.8 Å². The highest BCUT2D eigenvalue weighted by Gasteiger charge is 2.04. The molecular weight excluding hydrogens is 90.1 g/mol. The normalized spacial score (nSPS) is 12.0. The Morgan fingerprint density at radius 1 is 1.57 bits per heavy atom. The predicted octanol–water partition coefficient (Wildman–Crippen LogP) is -0.813. The van der Waals surface area contributed by atoms with Gasteiger partial charge >= 0.3 is 0 Å². The molecule has 0 rings (SSSR count). The molecule has 0 radical (unpaired) electrons. The van der Waals surface area contributed by atoms with Gasteiger partial charge in [0.1, 0.15) is 0 Å². The molecule has 0 aromatic heterocycles. The molecule has 0 saturated carbocycles. The Morgan fingerprint density at radius 3 is 2.00 bits per heavy atom. The summed E-state index contributed by atoms with van der Waals surface area (Å²) in [7, 11) is 0. The number of nitrogens with one attached hydrogen (secondary N) is 1. The van der Waals surface area contributed by atoms with Gasteiger partial charge in [-0.15, -0.1) is 0 Å². The summed E-state index contributed by atoms with van der Waals surface area (Å²) >= 11 is 0. The zero-order valence-corrected chi connectivity index (χ0v) is 4.86. The van der Waals surface area contributed by atoms with Crippen molar-refractivity contribution in [3.63, 3.8) is 0 Å². The molecule has 0 aromatic rings. The molecule has 0 fully saturated rings. The lowest BCUT2D eigenvalue weighted by Gasteiger charge is -2.18. The number of rotatable bonds is 2. The van der Waals surface area contributed by atoms with Crippen molar-refractivity contribution in [1.29, 1.82) is 0 Å². The van der Waals surface area contributed by atoms with Gasteiger partial charge < -0.3 is 11.5 Å². The van der Waals surface area contributed by atoms with Crippen molar-refractivity contribution in [2.75, 3.05) is 6.67 Å². The van der Waals surface area contributed by atoms with E-state index in [1.54, 1.807) is 0 Å². The second-order valence-electron chi connectivity index (χ2n) is 2.10. The Bertz CT molecular complexity index is 45.4. The van der Waals surface area contributed by atoms with E-state index in [0.717, 1.165) is 0 Å². The summed E-state index contributed by atoms with van der Waals surface area (Å²) in [5, 5.41) is 2.84. The summed E-state index contributed by atoms with van der Waals surface area (Å²) in [6, 6.07) is 0. The maximum absolute atomic E-state index is 5.45. The van der Waals surface area contributed by atoms with E-state index >= 15 is 0 Å². The van der Waals surface area contributed by atoms with E-state index in [0.29, 0.717) is 6.67 Å². The molecule has 0 spiro atoms. The summed E-state index contributed by atoms with van der Waals surface area (Å²) in [6.45, 7) is 4.16. The predicted molar refractivity (Wildman–Crippen MR) is 30.5 cm³/mol. The first-order valence-electron chi connectivity index (χ1n) is 2.30. The topological polar surface area (TPSA) is 64.1 Å². The third kappa shape index (κ3) is 5.88. The molecule has 7 heavy (non-hydrogen) atoms. The van der Waals surface area contributed by atoms with Gasteiger partial charge in [0.05, 0.1) is 5.66 Å².